The van der Waals surface area contributed by atoms with Crippen molar-refractivity contribution in [1.29, 1.82) is 0 Å². The molecule has 2 heterocycles. The Bertz CT molecular complexity index is 615. The Labute approximate surface area is 117 Å². The van der Waals surface area contributed by atoms with E-state index in [9.17, 15) is 4.39 Å². The number of nitrogens with zero attached hydrogens (tertiary/aromatic N) is 1. The van der Waals surface area contributed by atoms with Gasteiger partial charge in [0.15, 0.2) is 0 Å². The molecule has 3 nitrogen and oxygen atoms in total. The summed E-state index contributed by atoms with van der Waals surface area (Å²) in [6.07, 6.45) is 2.93. The highest BCUT2D eigenvalue weighted by atomic mass is 19.1. The van der Waals surface area contributed by atoms with Crippen molar-refractivity contribution in [3.63, 3.8) is 0 Å². The summed E-state index contributed by atoms with van der Waals surface area (Å²) in [6.45, 7) is 4.18. The van der Waals surface area contributed by atoms with Gasteiger partial charge in [-0.25, -0.2) is 4.39 Å². The van der Waals surface area contributed by atoms with E-state index in [1.807, 2.05) is 6.92 Å². The van der Waals surface area contributed by atoms with Gasteiger partial charge in [-0.2, -0.15) is 0 Å². The molecule has 104 valence electrons. The lowest BCUT2D eigenvalue weighted by atomic mass is 9.96. The van der Waals surface area contributed by atoms with Crippen LogP contribution in [0, 0.1) is 5.82 Å². The molecule has 0 saturated heterocycles. The van der Waals surface area contributed by atoms with Gasteiger partial charge in [0.05, 0.1) is 25.5 Å². The van der Waals surface area contributed by atoms with E-state index in [1.54, 1.807) is 6.20 Å². The Kier molecular flexibility index (Phi) is 3.76. The zero-order valence-electron chi connectivity index (χ0n) is 11.4. The van der Waals surface area contributed by atoms with Crippen LogP contribution >= 0.6 is 0 Å². The van der Waals surface area contributed by atoms with Gasteiger partial charge in [-0.05, 0) is 34.9 Å². The number of hydrogen-bond donors (Lipinski definition) is 1. The number of benzene rings is 1. The number of nitrogens with one attached hydrogen (secondary N) is 1. The second-order valence-electron chi connectivity index (χ2n) is 4.95. The van der Waals surface area contributed by atoms with Crippen LogP contribution in [-0.2, 0) is 18.0 Å². The highest BCUT2D eigenvalue weighted by Crippen LogP contribution is 2.27. The largest absolute Gasteiger partial charge is 0.372 e. The predicted octanol–water partition coefficient (Wildman–Crippen LogP) is 2.95. The minimum Gasteiger partial charge on any atom is -0.372 e. The number of fused-ring (bicyclic) bond motifs is 1. The molecule has 1 atom stereocenters. The summed E-state index contributed by atoms with van der Waals surface area (Å²) in [4.78, 5) is 3.95. The van der Waals surface area contributed by atoms with E-state index >= 15 is 0 Å². The number of pyridine rings is 1. The van der Waals surface area contributed by atoms with Crippen molar-refractivity contribution in [2.24, 2.45) is 0 Å². The van der Waals surface area contributed by atoms with Crippen molar-refractivity contribution in [2.75, 3.05) is 6.54 Å². The summed E-state index contributed by atoms with van der Waals surface area (Å²) in [7, 11) is 0. The van der Waals surface area contributed by atoms with Gasteiger partial charge in [-0.15, -0.1) is 0 Å². The third kappa shape index (κ3) is 2.57. The molecule has 4 heteroatoms. The molecule has 2 aromatic rings. The maximum atomic E-state index is 13.4. The third-order valence-electron chi connectivity index (χ3n) is 3.55. The Hall–Kier alpha value is -1.78. The van der Waals surface area contributed by atoms with Crippen LogP contribution in [-0.4, -0.2) is 11.5 Å². The zero-order valence-corrected chi connectivity index (χ0v) is 11.4. The lowest BCUT2D eigenvalue weighted by Crippen LogP contribution is -2.22. The lowest BCUT2D eigenvalue weighted by molar-refractivity contribution is 0.134. The topological polar surface area (TPSA) is 34.2 Å². The molecule has 1 N–H and O–H groups in total. The first-order chi connectivity index (χ1) is 9.78. The molecule has 0 fully saturated rings. The maximum absolute atomic E-state index is 13.4. The molecule has 1 aliphatic heterocycles. The maximum Gasteiger partial charge on any atom is 0.141 e. The van der Waals surface area contributed by atoms with Crippen molar-refractivity contribution >= 4 is 0 Å². The van der Waals surface area contributed by atoms with Gasteiger partial charge < -0.3 is 10.1 Å². The van der Waals surface area contributed by atoms with Crippen LogP contribution in [0.25, 0.3) is 0 Å². The van der Waals surface area contributed by atoms with Gasteiger partial charge in [0.2, 0.25) is 0 Å². The molecule has 0 spiro atoms. The van der Waals surface area contributed by atoms with Crippen LogP contribution < -0.4 is 5.32 Å². The van der Waals surface area contributed by atoms with Crippen LogP contribution in [0.15, 0.2) is 36.7 Å². The van der Waals surface area contributed by atoms with E-state index in [2.05, 4.69) is 28.5 Å². The summed E-state index contributed by atoms with van der Waals surface area (Å²) < 4.78 is 18.8. The number of halogens is 1. The summed E-state index contributed by atoms with van der Waals surface area (Å²) in [6, 6.07) is 7.79. The quantitative estimate of drug-likeness (QED) is 0.929. The second kappa shape index (κ2) is 5.69. The Morgan fingerprint density at radius 2 is 2.05 bits per heavy atom. The predicted molar refractivity (Wildman–Crippen MR) is 74.6 cm³/mol. The standard InChI is InChI=1S/C16H17FN2O/c1-2-19-16(13-6-15(17)8-18-7-13)11-3-4-12-9-20-10-14(12)5-11/h3-8,16,19H,2,9-10H2,1H3. The van der Waals surface area contributed by atoms with Crippen molar-refractivity contribution in [3.05, 3.63) is 64.7 Å². The first-order valence-electron chi connectivity index (χ1n) is 6.81. The van der Waals surface area contributed by atoms with Crippen LogP contribution in [0.2, 0.25) is 0 Å². The minimum absolute atomic E-state index is 0.0471. The van der Waals surface area contributed by atoms with Crippen molar-refractivity contribution in [1.82, 2.24) is 10.3 Å². The fraction of sp³-hybridized carbons (Fsp3) is 0.312. The molecule has 1 unspecified atom stereocenters. The summed E-state index contributed by atoms with van der Waals surface area (Å²) in [5.74, 6) is -0.310. The smallest absolute Gasteiger partial charge is 0.141 e. The van der Waals surface area contributed by atoms with E-state index in [-0.39, 0.29) is 11.9 Å². The van der Waals surface area contributed by atoms with E-state index in [4.69, 9.17) is 4.74 Å². The fourth-order valence-corrected chi connectivity index (χ4v) is 2.59. The molecule has 3 rings (SSSR count). The van der Waals surface area contributed by atoms with Crippen LogP contribution in [0.4, 0.5) is 4.39 Å². The Balaban J connectivity index is 1.98. The van der Waals surface area contributed by atoms with Crippen LogP contribution in [0.5, 0.6) is 0 Å². The second-order valence-corrected chi connectivity index (χ2v) is 4.95. The summed E-state index contributed by atoms with van der Waals surface area (Å²) in [5.41, 5.74) is 4.41. The molecular weight excluding hydrogens is 255 g/mol. The van der Waals surface area contributed by atoms with Gasteiger partial charge in [0.25, 0.3) is 0 Å². The Morgan fingerprint density at radius 3 is 2.85 bits per heavy atom. The van der Waals surface area contributed by atoms with Crippen molar-refractivity contribution in [3.8, 4) is 0 Å². The molecule has 0 amide bonds. The highest BCUT2D eigenvalue weighted by Gasteiger charge is 2.18. The van der Waals surface area contributed by atoms with Crippen LogP contribution in [0.3, 0.4) is 0 Å². The van der Waals surface area contributed by atoms with Gasteiger partial charge >= 0.3 is 0 Å². The Morgan fingerprint density at radius 1 is 1.20 bits per heavy atom. The lowest BCUT2D eigenvalue weighted by Gasteiger charge is -2.19. The van der Waals surface area contributed by atoms with Gasteiger partial charge in [-0.1, -0.05) is 25.1 Å². The van der Waals surface area contributed by atoms with E-state index in [1.165, 1.54) is 23.4 Å². The number of aromatic nitrogens is 1. The van der Waals surface area contributed by atoms with Crippen molar-refractivity contribution in [2.45, 2.75) is 26.2 Å². The molecular formula is C16H17FN2O. The average molecular weight is 272 g/mol. The van der Waals surface area contributed by atoms with Crippen LogP contribution in [0.1, 0.15) is 35.2 Å². The van der Waals surface area contributed by atoms with Crippen molar-refractivity contribution < 1.29 is 9.13 Å². The first kappa shape index (κ1) is 13.2. The van der Waals surface area contributed by atoms with Gasteiger partial charge in [-0.3, -0.25) is 4.98 Å². The van der Waals surface area contributed by atoms with Gasteiger partial charge in [0, 0.05) is 6.20 Å². The summed E-state index contributed by atoms with van der Waals surface area (Å²) >= 11 is 0. The first-order valence-corrected chi connectivity index (χ1v) is 6.81. The number of rotatable bonds is 4. The van der Waals surface area contributed by atoms with E-state index in [0.29, 0.717) is 13.2 Å². The SMILES string of the molecule is CCNC(c1cncc(F)c1)c1ccc2c(c1)COC2. The monoisotopic (exact) mass is 272 g/mol. The molecule has 1 aliphatic rings. The normalized spacial score (nSPS) is 15.1. The third-order valence-corrected chi connectivity index (χ3v) is 3.55. The number of hydrogen-bond acceptors (Lipinski definition) is 3. The molecule has 20 heavy (non-hydrogen) atoms. The van der Waals surface area contributed by atoms with E-state index in [0.717, 1.165) is 17.7 Å². The highest BCUT2D eigenvalue weighted by molar-refractivity contribution is 5.38. The average Bonchev–Trinajstić information content (AvgIpc) is 2.92. The molecule has 0 aliphatic carbocycles. The molecule has 0 radical (unpaired) electrons. The molecule has 1 aromatic carbocycles. The minimum atomic E-state index is -0.310. The number of ether oxygens (including phenoxy) is 1. The van der Waals surface area contributed by atoms with Gasteiger partial charge in [0.1, 0.15) is 5.82 Å². The summed E-state index contributed by atoms with van der Waals surface area (Å²) in [5, 5.41) is 3.39. The van der Waals surface area contributed by atoms with E-state index < -0.39 is 0 Å². The molecule has 0 saturated carbocycles. The zero-order chi connectivity index (χ0) is 13.9. The molecule has 0 bridgehead atoms. The fourth-order valence-electron chi connectivity index (χ4n) is 2.59. The molecule has 1 aromatic heterocycles.